The van der Waals surface area contributed by atoms with E-state index in [4.69, 9.17) is 4.98 Å². The Balaban J connectivity index is 1.43. The van der Waals surface area contributed by atoms with Crippen LogP contribution in [-0.4, -0.2) is 58.4 Å². The summed E-state index contributed by atoms with van der Waals surface area (Å²) in [6, 6.07) is 4.52. The summed E-state index contributed by atoms with van der Waals surface area (Å²) in [5, 5.41) is 1.14. The maximum atomic E-state index is 12.0. The molecule has 2 aliphatic rings. The average molecular weight is 400 g/mol. The van der Waals surface area contributed by atoms with Crippen molar-refractivity contribution >= 4 is 22.9 Å². The minimum atomic E-state index is 0.131. The van der Waals surface area contributed by atoms with Gasteiger partial charge in [-0.1, -0.05) is 0 Å². The molecule has 2 aliphatic heterocycles. The van der Waals surface area contributed by atoms with E-state index in [1.807, 2.05) is 11.1 Å². The van der Waals surface area contributed by atoms with E-state index >= 15 is 0 Å². The van der Waals surface area contributed by atoms with Crippen molar-refractivity contribution in [2.45, 2.75) is 46.2 Å². The Labute approximate surface area is 171 Å². The summed E-state index contributed by atoms with van der Waals surface area (Å²) >= 11 is 1.79. The number of carbonyl (C=O) groups excluding carboxylic acids is 1. The number of likely N-dealkylation sites (tertiary alicyclic amines) is 1. The van der Waals surface area contributed by atoms with Gasteiger partial charge in [-0.15, -0.1) is 11.3 Å². The number of carbonyl (C=O) groups is 1. The zero-order valence-electron chi connectivity index (χ0n) is 17.0. The molecular formula is C21H29N5OS. The monoisotopic (exact) mass is 399 g/mol. The van der Waals surface area contributed by atoms with Gasteiger partial charge in [-0.25, -0.2) is 4.98 Å². The third-order valence-electron chi connectivity index (χ3n) is 5.74. The van der Waals surface area contributed by atoms with Crippen LogP contribution in [0.15, 0.2) is 18.3 Å². The van der Waals surface area contributed by atoms with Crippen molar-refractivity contribution in [1.82, 2.24) is 19.8 Å². The third-order valence-corrected chi connectivity index (χ3v) is 6.64. The minimum Gasteiger partial charge on any atom is -0.369 e. The van der Waals surface area contributed by atoms with Gasteiger partial charge in [0, 0.05) is 68.6 Å². The molecule has 2 saturated heterocycles. The average Bonchev–Trinajstić information content (AvgIpc) is 3.31. The molecule has 0 spiro atoms. The second kappa shape index (κ2) is 8.17. The lowest BCUT2D eigenvalue weighted by atomic mass is 10.1. The van der Waals surface area contributed by atoms with Crippen molar-refractivity contribution in [1.29, 1.82) is 0 Å². The zero-order valence-corrected chi connectivity index (χ0v) is 17.8. The van der Waals surface area contributed by atoms with E-state index in [1.165, 1.54) is 10.6 Å². The van der Waals surface area contributed by atoms with Gasteiger partial charge in [0.1, 0.15) is 0 Å². The molecule has 1 atom stereocenters. The predicted octanol–water partition coefficient (Wildman–Crippen LogP) is 3.16. The molecule has 28 heavy (non-hydrogen) atoms. The standard InChI is InChI=1S/C21H29N5OS/c1-15-11-18(12-20(23-15)21-5-4-6-26(21)17(3)27)25-9-7-24(8-10-25)14-19-13-22-16(2)28-19/h11-13,21H,4-10,14H2,1-3H3. The van der Waals surface area contributed by atoms with E-state index in [9.17, 15) is 4.79 Å². The Morgan fingerprint density at radius 2 is 1.96 bits per heavy atom. The van der Waals surface area contributed by atoms with Crippen molar-refractivity contribution in [3.05, 3.63) is 39.6 Å². The third kappa shape index (κ3) is 4.20. The van der Waals surface area contributed by atoms with Gasteiger partial charge in [0.25, 0.3) is 0 Å². The molecular weight excluding hydrogens is 370 g/mol. The van der Waals surface area contributed by atoms with E-state index in [-0.39, 0.29) is 11.9 Å². The molecule has 1 amide bonds. The van der Waals surface area contributed by atoms with Crippen LogP contribution in [0.25, 0.3) is 0 Å². The first-order chi connectivity index (χ1) is 13.5. The molecule has 150 valence electrons. The highest BCUT2D eigenvalue weighted by atomic mass is 32.1. The summed E-state index contributed by atoms with van der Waals surface area (Å²) in [5.74, 6) is 0.152. The summed E-state index contributed by atoms with van der Waals surface area (Å²) in [5.41, 5.74) is 3.32. The highest BCUT2D eigenvalue weighted by Crippen LogP contribution is 2.33. The number of aryl methyl sites for hydroxylation is 2. The molecule has 0 N–H and O–H groups in total. The number of piperazine rings is 1. The van der Waals surface area contributed by atoms with Gasteiger partial charge in [0.15, 0.2) is 0 Å². The molecule has 2 aromatic rings. The van der Waals surface area contributed by atoms with Crippen molar-refractivity contribution in [2.75, 3.05) is 37.6 Å². The van der Waals surface area contributed by atoms with E-state index in [1.54, 1.807) is 18.3 Å². The smallest absolute Gasteiger partial charge is 0.220 e. The topological polar surface area (TPSA) is 52.6 Å². The van der Waals surface area contributed by atoms with E-state index in [0.717, 1.165) is 68.5 Å². The van der Waals surface area contributed by atoms with E-state index in [2.05, 4.69) is 40.8 Å². The number of amides is 1. The molecule has 6 nitrogen and oxygen atoms in total. The summed E-state index contributed by atoms with van der Waals surface area (Å²) in [6.07, 6.45) is 4.08. The second-order valence-electron chi connectivity index (χ2n) is 7.87. The first kappa shape index (κ1) is 19.3. The molecule has 2 fully saturated rings. The number of anilines is 1. The number of hydrogen-bond acceptors (Lipinski definition) is 6. The van der Waals surface area contributed by atoms with Crippen LogP contribution < -0.4 is 4.90 Å². The van der Waals surface area contributed by atoms with Crippen LogP contribution >= 0.6 is 11.3 Å². The molecule has 4 heterocycles. The van der Waals surface area contributed by atoms with Gasteiger partial charge in [-0.2, -0.15) is 0 Å². The lowest BCUT2D eigenvalue weighted by Gasteiger charge is -2.36. The Bertz CT molecular complexity index is 843. The summed E-state index contributed by atoms with van der Waals surface area (Å²) in [4.78, 5) is 29.4. The number of pyridine rings is 1. The van der Waals surface area contributed by atoms with Crippen LogP contribution in [0.2, 0.25) is 0 Å². The van der Waals surface area contributed by atoms with Crippen LogP contribution in [0.5, 0.6) is 0 Å². The maximum Gasteiger partial charge on any atom is 0.220 e. The summed E-state index contributed by atoms with van der Waals surface area (Å²) in [7, 11) is 0. The molecule has 0 aliphatic carbocycles. The van der Waals surface area contributed by atoms with Crippen molar-refractivity contribution in [2.24, 2.45) is 0 Å². The molecule has 0 bridgehead atoms. The van der Waals surface area contributed by atoms with E-state index in [0.29, 0.717) is 0 Å². The normalized spacial score (nSPS) is 20.8. The highest BCUT2D eigenvalue weighted by molar-refractivity contribution is 7.11. The minimum absolute atomic E-state index is 0.131. The number of thiazole rings is 1. The maximum absolute atomic E-state index is 12.0. The van der Waals surface area contributed by atoms with Gasteiger partial charge in [0.05, 0.1) is 16.7 Å². The van der Waals surface area contributed by atoms with Gasteiger partial charge >= 0.3 is 0 Å². The van der Waals surface area contributed by atoms with Crippen LogP contribution in [0.4, 0.5) is 5.69 Å². The fraction of sp³-hybridized carbons (Fsp3) is 0.571. The van der Waals surface area contributed by atoms with Crippen molar-refractivity contribution in [3.8, 4) is 0 Å². The first-order valence-electron chi connectivity index (χ1n) is 10.1. The number of hydrogen-bond donors (Lipinski definition) is 0. The second-order valence-corrected chi connectivity index (χ2v) is 9.19. The van der Waals surface area contributed by atoms with Crippen LogP contribution in [0.3, 0.4) is 0 Å². The van der Waals surface area contributed by atoms with Crippen LogP contribution in [0, 0.1) is 13.8 Å². The largest absolute Gasteiger partial charge is 0.369 e. The fourth-order valence-corrected chi connectivity index (χ4v) is 5.18. The molecule has 7 heteroatoms. The van der Waals surface area contributed by atoms with Gasteiger partial charge in [0.2, 0.25) is 5.91 Å². The van der Waals surface area contributed by atoms with Gasteiger partial charge in [-0.05, 0) is 38.8 Å². The summed E-state index contributed by atoms with van der Waals surface area (Å²) in [6.45, 7) is 11.8. The molecule has 1 unspecified atom stereocenters. The molecule has 0 saturated carbocycles. The molecule has 2 aromatic heterocycles. The Kier molecular flexibility index (Phi) is 5.64. The number of aromatic nitrogens is 2. The number of nitrogens with zero attached hydrogens (tertiary/aromatic N) is 5. The summed E-state index contributed by atoms with van der Waals surface area (Å²) < 4.78 is 0. The predicted molar refractivity (Wildman–Crippen MR) is 113 cm³/mol. The molecule has 0 aromatic carbocycles. The molecule has 4 rings (SSSR count). The Morgan fingerprint density at radius 3 is 2.64 bits per heavy atom. The van der Waals surface area contributed by atoms with Crippen molar-refractivity contribution in [3.63, 3.8) is 0 Å². The molecule has 0 radical (unpaired) electrons. The van der Waals surface area contributed by atoms with E-state index < -0.39 is 0 Å². The zero-order chi connectivity index (χ0) is 19.7. The lowest BCUT2D eigenvalue weighted by molar-refractivity contribution is -0.129. The fourth-order valence-electron chi connectivity index (χ4n) is 4.34. The van der Waals surface area contributed by atoms with Crippen LogP contribution in [0.1, 0.15) is 47.1 Å². The highest BCUT2D eigenvalue weighted by Gasteiger charge is 2.30. The quantitative estimate of drug-likeness (QED) is 0.790. The lowest BCUT2D eigenvalue weighted by Crippen LogP contribution is -2.46. The Hall–Kier alpha value is -1.99. The van der Waals surface area contributed by atoms with Gasteiger partial charge in [-0.3, -0.25) is 14.7 Å². The first-order valence-corrected chi connectivity index (χ1v) is 11.0. The Morgan fingerprint density at radius 1 is 1.18 bits per heavy atom. The number of rotatable bonds is 4. The van der Waals surface area contributed by atoms with Gasteiger partial charge < -0.3 is 9.80 Å². The SMILES string of the molecule is CC(=O)N1CCCC1c1cc(N2CCN(Cc3cnc(C)s3)CC2)cc(C)n1. The van der Waals surface area contributed by atoms with Crippen molar-refractivity contribution < 1.29 is 4.79 Å². The van der Waals surface area contributed by atoms with Crippen LogP contribution in [-0.2, 0) is 11.3 Å².